The van der Waals surface area contributed by atoms with E-state index in [1.807, 2.05) is 54.2 Å². The number of allylic oxidation sites excluding steroid dienone is 3. The minimum Gasteiger partial charge on any atom is -0.309 e. The second kappa shape index (κ2) is 9.35. The first-order valence-corrected chi connectivity index (χ1v) is 16.2. The monoisotopic (exact) mass is 593 g/mol. The second-order valence-corrected chi connectivity index (χ2v) is 13.9. The summed E-state index contributed by atoms with van der Waals surface area (Å²) < 4.78 is 2.25. The summed E-state index contributed by atoms with van der Waals surface area (Å²) in [5.41, 5.74) is 13.2. The predicted molar refractivity (Wildman–Crippen MR) is 184 cm³/mol. The first-order valence-electron chi connectivity index (χ1n) is 15.3. The molecular weight excluding hydrogens is 567 g/mol. The molecule has 6 aromatic rings. The maximum atomic E-state index is 10.4. The van der Waals surface area contributed by atoms with Gasteiger partial charge >= 0.3 is 0 Å². The Labute approximate surface area is 266 Å². The molecule has 2 heterocycles. The van der Waals surface area contributed by atoms with E-state index < -0.39 is 0 Å². The minimum atomic E-state index is -0.00908. The Bertz CT molecular complexity index is 2420. The standard InChI is InChI=1S/C41H27N3S/c1-41(2)33-11-5-3-9-27(33)30-20-32-29-16-15-25(19-38(29)45-39(32)21-34(30)41)40-26(23-43)8-7-13-37(40)44-35-12-6-4-10-28(35)31-18-24(22-42)14-17-36(31)44/h3-21,32,39H,1-2H3. The molecule has 0 saturated heterocycles. The van der Waals surface area contributed by atoms with Crippen LogP contribution in [0.4, 0.5) is 0 Å². The number of para-hydroxylation sites is 1. The molecule has 0 saturated carbocycles. The minimum absolute atomic E-state index is 0.00908. The molecule has 5 aromatic carbocycles. The molecule has 45 heavy (non-hydrogen) atoms. The quantitative estimate of drug-likeness (QED) is 0.201. The molecule has 0 fully saturated rings. The molecular formula is C41H27N3S. The number of thioether (sulfide) groups is 1. The van der Waals surface area contributed by atoms with Crippen molar-refractivity contribution in [2.75, 3.05) is 0 Å². The first kappa shape index (κ1) is 26.1. The zero-order valence-electron chi connectivity index (χ0n) is 24.9. The highest BCUT2D eigenvalue weighted by Gasteiger charge is 2.43. The topological polar surface area (TPSA) is 52.5 Å². The maximum Gasteiger partial charge on any atom is 0.0998 e. The van der Waals surface area contributed by atoms with Crippen LogP contribution < -0.4 is 0 Å². The van der Waals surface area contributed by atoms with E-state index in [0.29, 0.717) is 22.3 Å². The number of hydrogen-bond donors (Lipinski definition) is 0. The normalized spacial score (nSPS) is 18.8. The van der Waals surface area contributed by atoms with E-state index in [0.717, 1.165) is 38.6 Å². The van der Waals surface area contributed by atoms with Crippen molar-refractivity contribution in [2.45, 2.75) is 35.3 Å². The highest BCUT2D eigenvalue weighted by atomic mass is 32.2. The lowest BCUT2D eigenvalue weighted by molar-refractivity contribution is 0.652. The molecule has 4 heteroatoms. The highest BCUT2D eigenvalue weighted by Crippen LogP contribution is 2.58. The summed E-state index contributed by atoms with van der Waals surface area (Å²) in [6, 6.07) is 40.6. The van der Waals surface area contributed by atoms with Crippen molar-refractivity contribution in [2.24, 2.45) is 0 Å². The second-order valence-electron chi connectivity index (χ2n) is 12.7. The Morgan fingerprint density at radius 3 is 2.44 bits per heavy atom. The largest absolute Gasteiger partial charge is 0.309 e. The number of aromatic nitrogens is 1. The van der Waals surface area contributed by atoms with Gasteiger partial charge in [0.25, 0.3) is 0 Å². The van der Waals surface area contributed by atoms with Crippen LogP contribution >= 0.6 is 11.8 Å². The van der Waals surface area contributed by atoms with Gasteiger partial charge in [-0.15, -0.1) is 11.8 Å². The maximum absolute atomic E-state index is 10.4. The molecule has 0 N–H and O–H groups in total. The third-order valence-corrected chi connectivity index (χ3v) is 11.3. The number of fused-ring (bicyclic) bond motifs is 9. The van der Waals surface area contributed by atoms with Crippen LogP contribution in [0, 0.1) is 22.7 Å². The van der Waals surface area contributed by atoms with Gasteiger partial charge < -0.3 is 4.57 Å². The van der Waals surface area contributed by atoms with Crippen LogP contribution in [-0.2, 0) is 5.41 Å². The number of nitriles is 2. The Balaban J connectivity index is 1.22. The lowest BCUT2D eigenvalue weighted by atomic mass is 9.78. The van der Waals surface area contributed by atoms with Crippen molar-refractivity contribution in [3.8, 4) is 29.0 Å². The van der Waals surface area contributed by atoms with Gasteiger partial charge in [-0.1, -0.05) is 86.7 Å². The zero-order valence-corrected chi connectivity index (χ0v) is 25.7. The summed E-state index contributed by atoms with van der Waals surface area (Å²) in [5, 5.41) is 22.4. The van der Waals surface area contributed by atoms with Gasteiger partial charge in [0.1, 0.15) is 0 Å². The van der Waals surface area contributed by atoms with E-state index in [1.54, 1.807) is 0 Å². The van der Waals surface area contributed by atoms with Crippen LogP contribution in [0.5, 0.6) is 0 Å². The Hall–Kier alpha value is -5.29. The van der Waals surface area contributed by atoms with Gasteiger partial charge in [-0.3, -0.25) is 0 Å². The van der Waals surface area contributed by atoms with Crippen molar-refractivity contribution >= 4 is 39.1 Å². The summed E-state index contributed by atoms with van der Waals surface area (Å²) in [6.45, 7) is 4.69. The molecule has 0 radical (unpaired) electrons. The van der Waals surface area contributed by atoms with Gasteiger partial charge in [0, 0.05) is 37.8 Å². The summed E-state index contributed by atoms with van der Waals surface area (Å²) in [6.07, 6.45) is 5.03. The Kier molecular flexibility index (Phi) is 5.43. The number of benzene rings is 5. The van der Waals surface area contributed by atoms with Crippen LogP contribution in [-0.4, -0.2) is 9.82 Å². The van der Waals surface area contributed by atoms with Crippen LogP contribution in [0.25, 0.3) is 44.2 Å². The highest BCUT2D eigenvalue weighted by molar-refractivity contribution is 8.00. The average Bonchev–Trinajstić information content (AvgIpc) is 3.68. The van der Waals surface area contributed by atoms with Gasteiger partial charge in [-0.05, 0) is 75.9 Å². The average molecular weight is 594 g/mol. The predicted octanol–water partition coefficient (Wildman–Crippen LogP) is 10.1. The molecule has 2 unspecified atom stereocenters. The SMILES string of the molecule is CC1(C)C2=CC3Sc4cc(-c5c(C#N)cccc5-n5c6ccccc6c6cc(C#N)ccc65)ccc4C3C=C2c2ccccc21. The van der Waals surface area contributed by atoms with Gasteiger partial charge in [0.05, 0.1) is 40.0 Å². The third-order valence-electron chi connectivity index (χ3n) is 10.0. The molecule has 2 aliphatic carbocycles. The van der Waals surface area contributed by atoms with Crippen molar-refractivity contribution in [3.63, 3.8) is 0 Å². The number of hydrogen-bond acceptors (Lipinski definition) is 3. The van der Waals surface area contributed by atoms with Crippen LogP contribution in [0.2, 0.25) is 0 Å². The molecule has 3 aliphatic rings. The van der Waals surface area contributed by atoms with Gasteiger partial charge in [0.2, 0.25) is 0 Å². The van der Waals surface area contributed by atoms with Crippen molar-refractivity contribution < 1.29 is 0 Å². The van der Waals surface area contributed by atoms with E-state index in [4.69, 9.17) is 0 Å². The molecule has 3 nitrogen and oxygen atoms in total. The van der Waals surface area contributed by atoms with E-state index in [1.165, 1.54) is 32.7 Å². The molecule has 212 valence electrons. The Morgan fingerprint density at radius 2 is 1.58 bits per heavy atom. The van der Waals surface area contributed by atoms with E-state index >= 15 is 0 Å². The summed E-state index contributed by atoms with van der Waals surface area (Å²) in [7, 11) is 0. The molecule has 1 aromatic heterocycles. The molecule has 0 bridgehead atoms. The van der Waals surface area contributed by atoms with Crippen LogP contribution in [0.1, 0.15) is 47.6 Å². The van der Waals surface area contributed by atoms with E-state index in [9.17, 15) is 10.5 Å². The number of rotatable bonds is 2. The van der Waals surface area contributed by atoms with E-state index in [2.05, 4.69) is 103 Å². The summed E-state index contributed by atoms with van der Waals surface area (Å²) in [5.74, 6) is 0.317. The third kappa shape index (κ3) is 3.58. The Morgan fingerprint density at radius 1 is 0.756 bits per heavy atom. The smallest absolute Gasteiger partial charge is 0.0998 e. The molecule has 9 rings (SSSR count). The molecule has 1 aliphatic heterocycles. The summed E-state index contributed by atoms with van der Waals surface area (Å²) >= 11 is 1.94. The number of nitrogens with zero attached hydrogens (tertiary/aromatic N) is 3. The van der Waals surface area contributed by atoms with E-state index in [-0.39, 0.29) is 5.41 Å². The van der Waals surface area contributed by atoms with Gasteiger partial charge in [0.15, 0.2) is 0 Å². The van der Waals surface area contributed by atoms with Crippen molar-refractivity contribution in [3.05, 3.63) is 149 Å². The first-order chi connectivity index (χ1) is 22.0. The van der Waals surface area contributed by atoms with Gasteiger partial charge in [-0.2, -0.15) is 10.5 Å². The van der Waals surface area contributed by atoms with Gasteiger partial charge in [-0.25, -0.2) is 0 Å². The molecule has 0 amide bonds. The zero-order chi connectivity index (χ0) is 30.4. The fourth-order valence-corrected chi connectivity index (χ4v) is 9.33. The lowest BCUT2D eigenvalue weighted by Gasteiger charge is -2.27. The fraction of sp³-hybridized carbons (Fsp3) is 0.122. The van der Waals surface area contributed by atoms with Crippen molar-refractivity contribution in [1.82, 2.24) is 4.57 Å². The fourth-order valence-electron chi connectivity index (χ4n) is 7.92. The van der Waals surface area contributed by atoms with Crippen molar-refractivity contribution in [1.29, 1.82) is 10.5 Å². The molecule has 2 atom stereocenters. The lowest BCUT2D eigenvalue weighted by Crippen LogP contribution is -2.19. The van der Waals surface area contributed by atoms with Crippen LogP contribution in [0.15, 0.2) is 126 Å². The van der Waals surface area contributed by atoms with Crippen LogP contribution in [0.3, 0.4) is 0 Å². The summed E-state index contributed by atoms with van der Waals surface area (Å²) in [4.78, 5) is 1.28. The molecule has 0 spiro atoms.